The summed E-state index contributed by atoms with van der Waals surface area (Å²) in [7, 11) is 1.86. The second kappa shape index (κ2) is 10.3. The van der Waals surface area contributed by atoms with Gasteiger partial charge < -0.3 is 26.2 Å². The molecule has 7 nitrogen and oxygen atoms in total. The molecule has 2 aromatic carbocycles. The first-order valence-corrected chi connectivity index (χ1v) is 10.4. The number of carbonyl (C=O) groups excluding carboxylic acids is 2. The standard InChI is InChI=1S/C22H28ClN5O2/c1-25-19-6-2-16(3-7-19)12-26-21(29)14-28(20-8-4-17(23)5-9-20)15-22(30)27-11-10-18(24)13-27/h2-9,18,25H,10-15,24H2,1H3,(H,26,29). The topological polar surface area (TPSA) is 90.7 Å². The van der Waals surface area contributed by atoms with Gasteiger partial charge in [0.05, 0.1) is 13.1 Å². The predicted molar refractivity (Wildman–Crippen MR) is 121 cm³/mol. The van der Waals surface area contributed by atoms with E-state index in [1.54, 1.807) is 21.9 Å². The quantitative estimate of drug-likeness (QED) is 0.597. The van der Waals surface area contributed by atoms with Gasteiger partial charge in [-0.05, 0) is 48.4 Å². The van der Waals surface area contributed by atoms with Gasteiger partial charge in [0, 0.05) is 49.1 Å². The molecular weight excluding hydrogens is 402 g/mol. The van der Waals surface area contributed by atoms with Crippen molar-refractivity contribution in [3.05, 3.63) is 59.1 Å². The molecule has 1 saturated heterocycles. The van der Waals surface area contributed by atoms with E-state index < -0.39 is 0 Å². The first kappa shape index (κ1) is 21.9. The summed E-state index contributed by atoms with van der Waals surface area (Å²) in [5.74, 6) is -0.193. The summed E-state index contributed by atoms with van der Waals surface area (Å²) in [4.78, 5) is 28.9. The van der Waals surface area contributed by atoms with Crippen LogP contribution in [0.1, 0.15) is 12.0 Å². The molecule has 3 rings (SSSR count). The Morgan fingerprint density at radius 2 is 1.83 bits per heavy atom. The van der Waals surface area contributed by atoms with E-state index >= 15 is 0 Å². The van der Waals surface area contributed by atoms with Crippen molar-refractivity contribution in [3.8, 4) is 0 Å². The molecule has 8 heteroatoms. The van der Waals surface area contributed by atoms with Gasteiger partial charge in [-0.1, -0.05) is 23.7 Å². The smallest absolute Gasteiger partial charge is 0.242 e. The number of likely N-dealkylation sites (tertiary alicyclic amines) is 1. The Hall–Kier alpha value is -2.77. The van der Waals surface area contributed by atoms with Crippen LogP contribution < -0.4 is 21.3 Å². The SMILES string of the molecule is CNc1ccc(CNC(=O)CN(CC(=O)N2CCC(N)C2)c2ccc(Cl)cc2)cc1. The maximum absolute atomic E-state index is 12.7. The molecule has 1 aliphatic heterocycles. The number of anilines is 2. The molecule has 1 heterocycles. The summed E-state index contributed by atoms with van der Waals surface area (Å²) < 4.78 is 0. The summed E-state index contributed by atoms with van der Waals surface area (Å²) in [6, 6.07) is 15.0. The maximum atomic E-state index is 12.7. The number of hydrogen-bond donors (Lipinski definition) is 3. The minimum atomic E-state index is -0.159. The van der Waals surface area contributed by atoms with Gasteiger partial charge in [-0.15, -0.1) is 0 Å². The number of carbonyl (C=O) groups is 2. The van der Waals surface area contributed by atoms with Gasteiger partial charge in [0.1, 0.15) is 0 Å². The molecule has 1 fully saturated rings. The van der Waals surface area contributed by atoms with Crippen LogP contribution in [0.4, 0.5) is 11.4 Å². The molecule has 4 N–H and O–H groups in total. The average molecular weight is 430 g/mol. The van der Waals surface area contributed by atoms with Crippen molar-refractivity contribution >= 4 is 34.8 Å². The minimum absolute atomic E-state index is 0.0236. The largest absolute Gasteiger partial charge is 0.388 e. The molecule has 1 atom stereocenters. The van der Waals surface area contributed by atoms with E-state index in [4.69, 9.17) is 17.3 Å². The van der Waals surface area contributed by atoms with E-state index in [0.29, 0.717) is 24.7 Å². The third-order valence-corrected chi connectivity index (χ3v) is 5.41. The van der Waals surface area contributed by atoms with Crippen LogP contribution >= 0.6 is 11.6 Å². The second-order valence-electron chi connectivity index (χ2n) is 7.44. The van der Waals surface area contributed by atoms with Crippen LogP contribution in [0.2, 0.25) is 5.02 Å². The van der Waals surface area contributed by atoms with Gasteiger partial charge in [-0.3, -0.25) is 9.59 Å². The highest BCUT2D eigenvalue weighted by atomic mass is 35.5. The number of benzene rings is 2. The van der Waals surface area contributed by atoms with Gasteiger partial charge in [0.25, 0.3) is 0 Å². The number of halogens is 1. The summed E-state index contributed by atoms with van der Waals surface area (Å²) in [6.07, 6.45) is 0.805. The van der Waals surface area contributed by atoms with Gasteiger partial charge in [-0.2, -0.15) is 0 Å². The predicted octanol–water partition coefficient (Wildman–Crippen LogP) is 2.06. The molecule has 0 saturated carbocycles. The average Bonchev–Trinajstić information content (AvgIpc) is 3.19. The zero-order chi connectivity index (χ0) is 21.5. The van der Waals surface area contributed by atoms with Crippen molar-refractivity contribution in [2.45, 2.75) is 19.0 Å². The third-order valence-electron chi connectivity index (χ3n) is 5.16. The lowest BCUT2D eigenvalue weighted by molar-refractivity contribution is -0.128. The van der Waals surface area contributed by atoms with Gasteiger partial charge in [0.15, 0.2) is 0 Å². The van der Waals surface area contributed by atoms with E-state index in [1.807, 2.05) is 43.4 Å². The Labute approximate surface area is 182 Å². The Kier molecular flexibility index (Phi) is 7.54. The van der Waals surface area contributed by atoms with Crippen LogP contribution in [0, 0.1) is 0 Å². The monoisotopic (exact) mass is 429 g/mol. The first-order valence-electron chi connectivity index (χ1n) is 10.0. The third kappa shape index (κ3) is 6.11. The molecule has 2 aromatic rings. The molecule has 0 aromatic heterocycles. The highest BCUT2D eigenvalue weighted by molar-refractivity contribution is 6.30. The van der Waals surface area contributed by atoms with Crippen LogP contribution in [-0.4, -0.2) is 56.0 Å². The van der Waals surface area contributed by atoms with Crippen LogP contribution in [0.3, 0.4) is 0 Å². The molecule has 0 radical (unpaired) electrons. The lowest BCUT2D eigenvalue weighted by Crippen LogP contribution is -2.44. The van der Waals surface area contributed by atoms with Crippen LogP contribution in [0.5, 0.6) is 0 Å². The molecule has 0 bridgehead atoms. The van der Waals surface area contributed by atoms with Gasteiger partial charge >= 0.3 is 0 Å². The van der Waals surface area contributed by atoms with Gasteiger partial charge in [-0.25, -0.2) is 0 Å². The normalized spacial score (nSPS) is 15.7. The summed E-state index contributed by atoms with van der Waals surface area (Å²) in [5, 5.41) is 6.59. The highest BCUT2D eigenvalue weighted by Crippen LogP contribution is 2.19. The van der Waals surface area contributed by atoms with Crippen molar-refractivity contribution in [1.29, 1.82) is 0 Å². The summed E-state index contributed by atoms with van der Waals surface area (Å²) in [6.45, 7) is 1.82. The number of amides is 2. The molecule has 30 heavy (non-hydrogen) atoms. The molecule has 0 aliphatic carbocycles. The van der Waals surface area contributed by atoms with Crippen molar-refractivity contribution < 1.29 is 9.59 Å². The Morgan fingerprint density at radius 1 is 1.13 bits per heavy atom. The number of rotatable bonds is 8. The lowest BCUT2D eigenvalue weighted by Gasteiger charge is -2.26. The van der Waals surface area contributed by atoms with Crippen molar-refractivity contribution in [1.82, 2.24) is 10.2 Å². The number of nitrogens with zero attached hydrogens (tertiary/aromatic N) is 2. The van der Waals surface area contributed by atoms with E-state index in [1.165, 1.54) is 0 Å². The lowest BCUT2D eigenvalue weighted by atomic mass is 10.2. The van der Waals surface area contributed by atoms with Gasteiger partial charge in [0.2, 0.25) is 11.8 Å². The van der Waals surface area contributed by atoms with E-state index in [-0.39, 0.29) is 30.9 Å². The fourth-order valence-electron chi connectivity index (χ4n) is 3.39. The first-order chi connectivity index (χ1) is 14.4. The number of nitrogens with one attached hydrogen (secondary N) is 2. The Morgan fingerprint density at radius 3 is 2.43 bits per heavy atom. The molecule has 2 amide bonds. The second-order valence-corrected chi connectivity index (χ2v) is 7.88. The van der Waals surface area contributed by atoms with E-state index in [9.17, 15) is 9.59 Å². The highest BCUT2D eigenvalue weighted by Gasteiger charge is 2.25. The molecular formula is C22H28ClN5O2. The van der Waals surface area contributed by atoms with Crippen molar-refractivity contribution in [3.63, 3.8) is 0 Å². The maximum Gasteiger partial charge on any atom is 0.242 e. The zero-order valence-corrected chi connectivity index (χ0v) is 17.9. The van der Waals surface area contributed by atoms with Crippen LogP contribution in [0.15, 0.2) is 48.5 Å². The number of nitrogens with two attached hydrogens (primary N) is 1. The fraction of sp³-hybridized carbons (Fsp3) is 0.364. The molecule has 1 aliphatic rings. The van der Waals surface area contributed by atoms with E-state index in [2.05, 4.69) is 10.6 Å². The summed E-state index contributed by atoms with van der Waals surface area (Å²) >= 11 is 6.00. The van der Waals surface area contributed by atoms with Crippen LogP contribution in [-0.2, 0) is 16.1 Å². The van der Waals surface area contributed by atoms with Crippen molar-refractivity contribution in [2.24, 2.45) is 5.73 Å². The summed E-state index contributed by atoms with van der Waals surface area (Å²) in [5.41, 5.74) is 8.71. The fourth-order valence-corrected chi connectivity index (χ4v) is 3.51. The Bertz CT molecular complexity index is 857. The molecule has 160 valence electrons. The van der Waals surface area contributed by atoms with E-state index in [0.717, 1.165) is 23.4 Å². The molecule has 1 unspecified atom stereocenters. The van der Waals surface area contributed by atoms with Crippen LogP contribution in [0.25, 0.3) is 0 Å². The Balaban J connectivity index is 1.62. The number of hydrogen-bond acceptors (Lipinski definition) is 5. The minimum Gasteiger partial charge on any atom is -0.388 e. The van der Waals surface area contributed by atoms with Crippen molar-refractivity contribution in [2.75, 3.05) is 43.4 Å². The zero-order valence-electron chi connectivity index (χ0n) is 17.1. The molecule has 0 spiro atoms.